The van der Waals surface area contributed by atoms with E-state index in [0.717, 1.165) is 18.4 Å². The maximum Gasteiger partial charge on any atom is 0.243 e. The van der Waals surface area contributed by atoms with Gasteiger partial charge in [0.2, 0.25) is 15.9 Å². The first-order chi connectivity index (χ1) is 13.4. The molecule has 7 heteroatoms. The van der Waals surface area contributed by atoms with Crippen LogP contribution in [0.4, 0.5) is 5.69 Å². The molecule has 0 unspecified atom stereocenters. The summed E-state index contributed by atoms with van der Waals surface area (Å²) in [6, 6.07) is 15.9. The third kappa shape index (κ3) is 4.79. The molecule has 1 fully saturated rings. The standard InChI is InChI=1S/C21H27N3O3S/c1-16(18-8-4-3-5-9-18)22-17(2)21(25)23-19-10-12-20(13-11-19)28(26,27)24-14-6-7-15-24/h3-5,8-13,16-17,22H,6-7,14-15H2,1-2H3,(H,23,25)/t16-,17-/m0/s1. The lowest BCUT2D eigenvalue weighted by molar-refractivity contribution is -0.117. The average Bonchev–Trinajstić information content (AvgIpc) is 3.25. The van der Waals surface area contributed by atoms with Crippen molar-refractivity contribution in [2.45, 2.75) is 43.7 Å². The van der Waals surface area contributed by atoms with E-state index in [0.29, 0.717) is 18.8 Å². The summed E-state index contributed by atoms with van der Waals surface area (Å²) < 4.78 is 26.6. The smallest absolute Gasteiger partial charge is 0.243 e. The first-order valence-corrected chi connectivity index (χ1v) is 11.0. The molecule has 0 aliphatic carbocycles. The Hall–Kier alpha value is -2.22. The number of nitrogens with zero attached hydrogens (tertiary/aromatic N) is 1. The summed E-state index contributed by atoms with van der Waals surface area (Å²) in [5, 5.41) is 6.11. The summed E-state index contributed by atoms with van der Waals surface area (Å²) in [7, 11) is -3.44. The van der Waals surface area contributed by atoms with Gasteiger partial charge in [-0.15, -0.1) is 0 Å². The van der Waals surface area contributed by atoms with Crippen LogP contribution in [-0.4, -0.2) is 37.8 Å². The summed E-state index contributed by atoms with van der Waals surface area (Å²) in [4.78, 5) is 12.7. The molecule has 6 nitrogen and oxygen atoms in total. The normalized spacial score (nSPS) is 17.2. The molecule has 1 saturated heterocycles. The molecule has 0 spiro atoms. The van der Waals surface area contributed by atoms with Crippen molar-refractivity contribution in [3.8, 4) is 0 Å². The van der Waals surface area contributed by atoms with Gasteiger partial charge in [-0.05, 0) is 56.5 Å². The molecule has 1 aliphatic rings. The number of rotatable bonds is 7. The van der Waals surface area contributed by atoms with Crippen molar-refractivity contribution in [2.24, 2.45) is 0 Å². The number of anilines is 1. The minimum atomic E-state index is -3.44. The summed E-state index contributed by atoms with van der Waals surface area (Å²) in [5.41, 5.74) is 1.69. The predicted molar refractivity (Wildman–Crippen MR) is 111 cm³/mol. The lowest BCUT2D eigenvalue weighted by Gasteiger charge is -2.20. The zero-order chi connectivity index (χ0) is 20.1. The summed E-state index contributed by atoms with van der Waals surface area (Å²) >= 11 is 0. The quantitative estimate of drug-likeness (QED) is 0.747. The fraction of sp³-hybridized carbons (Fsp3) is 0.381. The molecule has 0 bridgehead atoms. The maximum absolute atomic E-state index is 12.6. The lowest BCUT2D eigenvalue weighted by atomic mass is 10.1. The van der Waals surface area contributed by atoms with Gasteiger partial charge in [-0.1, -0.05) is 30.3 Å². The van der Waals surface area contributed by atoms with E-state index in [1.807, 2.05) is 37.3 Å². The zero-order valence-corrected chi connectivity index (χ0v) is 17.1. The van der Waals surface area contributed by atoms with Crippen LogP contribution in [-0.2, 0) is 14.8 Å². The van der Waals surface area contributed by atoms with Crippen molar-refractivity contribution in [2.75, 3.05) is 18.4 Å². The number of carbonyl (C=O) groups excluding carboxylic acids is 1. The maximum atomic E-state index is 12.6. The minimum absolute atomic E-state index is 0.0370. The molecule has 2 atom stereocenters. The Balaban J connectivity index is 1.59. The molecule has 3 rings (SSSR count). The van der Waals surface area contributed by atoms with Gasteiger partial charge in [0.15, 0.2) is 0 Å². The lowest BCUT2D eigenvalue weighted by Crippen LogP contribution is -2.39. The van der Waals surface area contributed by atoms with Crippen molar-refractivity contribution in [3.63, 3.8) is 0 Å². The average molecular weight is 402 g/mol. The fourth-order valence-corrected chi connectivity index (χ4v) is 4.84. The summed E-state index contributed by atoms with van der Waals surface area (Å²) in [5.74, 6) is -0.169. The van der Waals surface area contributed by atoms with Crippen molar-refractivity contribution in [3.05, 3.63) is 60.2 Å². The molecule has 2 aromatic rings. The highest BCUT2D eigenvalue weighted by molar-refractivity contribution is 7.89. The number of benzene rings is 2. The monoisotopic (exact) mass is 401 g/mol. The second kappa shape index (κ2) is 8.86. The Labute approximate surface area is 167 Å². The van der Waals surface area contributed by atoms with E-state index in [2.05, 4.69) is 10.6 Å². The molecule has 0 saturated carbocycles. The fourth-order valence-electron chi connectivity index (χ4n) is 3.33. The van der Waals surface area contributed by atoms with Crippen LogP contribution in [0.5, 0.6) is 0 Å². The van der Waals surface area contributed by atoms with E-state index >= 15 is 0 Å². The van der Waals surface area contributed by atoms with E-state index in [9.17, 15) is 13.2 Å². The van der Waals surface area contributed by atoms with Gasteiger partial charge in [0, 0.05) is 24.8 Å². The number of hydrogen-bond donors (Lipinski definition) is 2. The molecular weight excluding hydrogens is 374 g/mol. The topological polar surface area (TPSA) is 78.5 Å². The van der Waals surface area contributed by atoms with Gasteiger partial charge in [0.05, 0.1) is 10.9 Å². The molecule has 150 valence electrons. The first-order valence-electron chi connectivity index (χ1n) is 9.60. The molecule has 0 aromatic heterocycles. The van der Waals surface area contributed by atoms with Gasteiger partial charge >= 0.3 is 0 Å². The third-order valence-electron chi connectivity index (χ3n) is 5.02. The molecular formula is C21H27N3O3S. The van der Waals surface area contributed by atoms with Crippen LogP contribution >= 0.6 is 0 Å². The molecule has 2 N–H and O–H groups in total. The molecule has 2 aromatic carbocycles. The van der Waals surface area contributed by atoms with Gasteiger partial charge in [0.1, 0.15) is 0 Å². The SMILES string of the molecule is C[C@H](N[C@@H](C)c1ccccc1)C(=O)Nc1ccc(S(=O)(=O)N2CCCC2)cc1. The number of amides is 1. The highest BCUT2D eigenvalue weighted by atomic mass is 32.2. The van der Waals surface area contributed by atoms with Crippen LogP contribution in [0.2, 0.25) is 0 Å². The van der Waals surface area contributed by atoms with E-state index < -0.39 is 16.1 Å². The van der Waals surface area contributed by atoms with Gasteiger partial charge in [-0.3, -0.25) is 10.1 Å². The molecule has 1 heterocycles. The van der Waals surface area contributed by atoms with Crippen LogP contribution in [0.3, 0.4) is 0 Å². The zero-order valence-electron chi connectivity index (χ0n) is 16.3. The Morgan fingerprint density at radius 1 is 0.964 bits per heavy atom. The molecule has 1 amide bonds. The van der Waals surface area contributed by atoms with E-state index in [1.54, 1.807) is 31.2 Å². The Bertz CT molecular complexity index is 892. The highest BCUT2D eigenvalue weighted by Crippen LogP contribution is 2.22. The second-order valence-electron chi connectivity index (χ2n) is 7.15. The molecule has 28 heavy (non-hydrogen) atoms. The third-order valence-corrected chi connectivity index (χ3v) is 6.93. The Kier molecular flexibility index (Phi) is 6.49. The van der Waals surface area contributed by atoms with E-state index in [1.165, 1.54) is 4.31 Å². The predicted octanol–water partition coefficient (Wildman–Crippen LogP) is 3.15. The second-order valence-corrected chi connectivity index (χ2v) is 9.08. The number of carbonyl (C=O) groups is 1. The molecule has 0 radical (unpaired) electrons. The Morgan fingerprint density at radius 2 is 1.57 bits per heavy atom. The van der Waals surface area contributed by atoms with E-state index in [-0.39, 0.29) is 16.8 Å². The molecule has 1 aliphatic heterocycles. The minimum Gasteiger partial charge on any atom is -0.325 e. The van der Waals surface area contributed by atoms with Gasteiger partial charge in [-0.2, -0.15) is 4.31 Å². The highest BCUT2D eigenvalue weighted by Gasteiger charge is 2.27. The van der Waals surface area contributed by atoms with Crippen LogP contribution in [0.15, 0.2) is 59.5 Å². The van der Waals surface area contributed by atoms with Crippen molar-refractivity contribution < 1.29 is 13.2 Å². The summed E-state index contributed by atoms with van der Waals surface area (Å²) in [6.07, 6.45) is 1.80. The van der Waals surface area contributed by atoms with Gasteiger partial charge < -0.3 is 5.32 Å². The van der Waals surface area contributed by atoms with Crippen molar-refractivity contribution in [1.29, 1.82) is 0 Å². The number of sulfonamides is 1. The van der Waals surface area contributed by atoms with Gasteiger partial charge in [0.25, 0.3) is 0 Å². The number of hydrogen-bond acceptors (Lipinski definition) is 4. The first kappa shape index (κ1) is 20.5. The van der Waals surface area contributed by atoms with Gasteiger partial charge in [-0.25, -0.2) is 8.42 Å². The van der Waals surface area contributed by atoms with E-state index in [4.69, 9.17) is 0 Å². The Morgan fingerprint density at radius 3 is 2.18 bits per heavy atom. The van der Waals surface area contributed by atoms with Crippen molar-refractivity contribution in [1.82, 2.24) is 9.62 Å². The van der Waals surface area contributed by atoms with Crippen LogP contribution in [0, 0.1) is 0 Å². The number of nitrogens with one attached hydrogen (secondary N) is 2. The summed E-state index contributed by atoms with van der Waals surface area (Å²) in [6.45, 7) is 4.96. The van der Waals surface area contributed by atoms with Crippen LogP contribution in [0.25, 0.3) is 0 Å². The van der Waals surface area contributed by atoms with Crippen LogP contribution < -0.4 is 10.6 Å². The van der Waals surface area contributed by atoms with Crippen molar-refractivity contribution >= 4 is 21.6 Å². The largest absolute Gasteiger partial charge is 0.325 e. The van der Waals surface area contributed by atoms with Crippen LogP contribution in [0.1, 0.15) is 38.3 Å².